The lowest BCUT2D eigenvalue weighted by Gasteiger charge is -2.11. The summed E-state index contributed by atoms with van der Waals surface area (Å²) in [6, 6.07) is 12.3. The summed E-state index contributed by atoms with van der Waals surface area (Å²) in [5, 5.41) is 9.52. The number of nitrogens with zero attached hydrogens (tertiary/aromatic N) is 1. The molecule has 4 aromatic rings. The molecule has 0 bridgehead atoms. The third kappa shape index (κ3) is 5.40. The van der Waals surface area contributed by atoms with E-state index >= 15 is 0 Å². The van der Waals surface area contributed by atoms with Crippen molar-refractivity contribution >= 4 is 34.1 Å². The van der Waals surface area contributed by atoms with Gasteiger partial charge in [0, 0.05) is 29.4 Å². The molecule has 0 atom stereocenters. The van der Waals surface area contributed by atoms with Crippen LogP contribution >= 0.6 is 11.6 Å². The number of methoxy groups -OCH3 is 1. The molecular weight excluding hydrogens is 489 g/mol. The Kier molecular flexibility index (Phi) is 7.67. The van der Waals surface area contributed by atoms with Gasteiger partial charge in [0.1, 0.15) is 29.6 Å². The van der Waals surface area contributed by atoms with Gasteiger partial charge in [-0.25, -0.2) is 9.37 Å². The smallest absolute Gasteiger partial charge is 0.181 e. The second kappa shape index (κ2) is 10.9. The normalized spacial score (nSPS) is 11.0. The molecule has 0 spiro atoms. The van der Waals surface area contributed by atoms with Crippen LogP contribution in [-0.2, 0) is 0 Å². The van der Waals surface area contributed by atoms with Gasteiger partial charge < -0.3 is 19.0 Å². The molecule has 36 heavy (non-hydrogen) atoms. The number of Topliss-reactive ketones (excluding diaryl/α,β-unsaturated/α-hetero) is 2. The second-order valence-electron chi connectivity index (χ2n) is 8.04. The number of fused-ring (bicyclic) bond motifs is 1. The summed E-state index contributed by atoms with van der Waals surface area (Å²) in [4.78, 5) is 30.3. The van der Waals surface area contributed by atoms with Gasteiger partial charge in [-0.15, -0.1) is 0 Å². The molecular formula is C27H23ClFNO6. The zero-order valence-corrected chi connectivity index (χ0v) is 20.4. The van der Waals surface area contributed by atoms with Crippen LogP contribution in [0, 0.1) is 12.7 Å². The average Bonchev–Trinajstić information content (AvgIpc) is 3.26. The van der Waals surface area contributed by atoms with Gasteiger partial charge in [0.25, 0.3) is 0 Å². The fraction of sp³-hybridized carbons (Fsp3) is 0.222. The van der Waals surface area contributed by atoms with E-state index in [0.29, 0.717) is 45.0 Å². The number of benzene rings is 2. The number of halogens is 2. The molecule has 0 fully saturated rings. The minimum Gasteiger partial charge on any atom is -0.493 e. The van der Waals surface area contributed by atoms with Gasteiger partial charge in [-0.05, 0) is 55.5 Å². The molecule has 0 saturated heterocycles. The number of pyridine rings is 1. The molecule has 0 aliphatic heterocycles. The Morgan fingerprint density at radius 2 is 1.83 bits per heavy atom. The predicted molar refractivity (Wildman–Crippen MR) is 133 cm³/mol. The van der Waals surface area contributed by atoms with E-state index in [4.69, 9.17) is 30.6 Å². The van der Waals surface area contributed by atoms with Gasteiger partial charge in [-0.3, -0.25) is 9.59 Å². The standard InChI is InChI=1S/C27H23ClFNO6/c1-15-11-18-13-21(30-26(27(18)36-15)17-3-5-20(29)19(28)12-17)23(33)7-6-22(32)16-4-8-24(35-10-9-31)25(14-16)34-2/h3-5,8,11-14,31H,6-7,9-10H2,1-2H3. The number of aromatic nitrogens is 1. The Morgan fingerprint density at radius 3 is 2.56 bits per heavy atom. The summed E-state index contributed by atoms with van der Waals surface area (Å²) in [6.07, 6.45) is -0.108. The van der Waals surface area contributed by atoms with E-state index in [2.05, 4.69) is 4.98 Å². The number of ketones is 2. The minimum absolute atomic E-state index is 0.0410. The number of rotatable bonds is 10. The molecule has 9 heteroatoms. The highest BCUT2D eigenvalue weighted by molar-refractivity contribution is 6.31. The van der Waals surface area contributed by atoms with Gasteiger partial charge >= 0.3 is 0 Å². The lowest BCUT2D eigenvalue weighted by molar-refractivity contribution is 0.0915. The Morgan fingerprint density at radius 1 is 1.06 bits per heavy atom. The zero-order chi connectivity index (χ0) is 25.8. The van der Waals surface area contributed by atoms with Crippen molar-refractivity contribution in [2.45, 2.75) is 19.8 Å². The van der Waals surface area contributed by atoms with E-state index in [-0.39, 0.29) is 48.3 Å². The van der Waals surface area contributed by atoms with Crippen molar-refractivity contribution in [2.75, 3.05) is 20.3 Å². The maximum Gasteiger partial charge on any atom is 0.181 e. The van der Waals surface area contributed by atoms with Crippen LogP contribution in [0.25, 0.3) is 22.2 Å². The number of ether oxygens (including phenoxy) is 2. The number of aliphatic hydroxyl groups excluding tert-OH is 1. The van der Waals surface area contributed by atoms with Crippen LogP contribution in [0.1, 0.15) is 39.4 Å². The summed E-state index contributed by atoms with van der Waals surface area (Å²) in [6.45, 7) is 1.72. The first-order valence-electron chi connectivity index (χ1n) is 11.2. The summed E-state index contributed by atoms with van der Waals surface area (Å²) in [5.74, 6) is 0.241. The number of carbonyl (C=O) groups excluding carboxylic acids is 2. The quantitative estimate of drug-likeness (QED) is 0.268. The number of hydrogen-bond acceptors (Lipinski definition) is 7. The van der Waals surface area contributed by atoms with Gasteiger partial charge in [0.15, 0.2) is 28.6 Å². The highest BCUT2D eigenvalue weighted by atomic mass is 35.5. The van der Waals surface area contributed by atoms with E-state index in [9.17, 15) is 14.0 Å². The number of hydrogen-bond donors (Lipinski definition) is 1. The van der Waals surface area contributed by atoms with Crippen molar-refractivity contribution in [3.05, 3.63) is 76.4 Å². The summed E-state index contributed by atoms with van der Waals surface area (Å²) >= 11 is 5.96. The van der Waals surface area contributed by atoms with E-state index in [1.54, 1.807) is 31.2 Å². The number of aliphatic hydroxyl groups is 1. The van der Waals surface area contributed by atoms with Crippen molar-refractivity contribution in [2.24, 2.45) is 0 Å². The first-order valence-corrected chi connectivity index (χ1v) is 11.5. The highest BCUT2D eigenvalue weighted by Gasteiger charge is 2.19. The SMILES string of the molecule is COc1cc(C(=O)CCC(=O)c2cc3cc(C)oc3c(-c3ccc(F)c(Cl)c3)n2)ccc1OCCO. The lowest BCUT2D eigenvalue weighted by atomic mass is 10.0. The maximum atomic E-state index is 13.7. The summed E-state index contributed by atoms with van der Waals surface area (Å²) < 4.78 is 30.1. The topological polar surface area (TPSA) is 98.9 Å². The number of furan rings is 1. The second-order valence-corrected chi connectivity index (χ2v) is 8.45. The van der Waals surface area contributed by atoms with Crippen LogP contribution in [0.2, 0.25) is 5.02 Å². The summed E-state index contributed by atoms with van der Waals surface area (Å²) in [5.41, 5.74) is 1.85. The zero-order valence-electron chi connectivity index (χ0n) is 19.6. The van der Waals surface area contributed by atoms with Gasteiger partial charge in [-0.2, -0.15) is 0 Å². The van der Waals surface area contributed by atoms with Crippen LogP contribution in [-0.4, -0.2) is 42.0 Å². The van der Waals surface area contributed by atoms with Crippen LogP contribution in [0.15, 0.2) is 52.9 Å². The van der Waals surface area contributed by atoms with Gasteiger partial charge in [-0.1, -0.05) is 11.6 Å². The van der Waals surface area contributed by atoms with Crippen LogP contribution < -0.4 is 9.47 Å². The van der Waals surface area contributed by atoms with E-state index in [1.165, 1.54) is 31.4 Å². The van der Waals surface area contributed by atoms with E-state index in [0.717, 1.165) is 0 Å². The van der Waals surface area contributed by atoms with Crippen molar-refractivity contribution in [1.29, 1.82) is 0 Å². The van der Waals surface area contributed by atoms with E-state index < -0.39 is 5.82 Å². The molecule has 0 saturated carbocycles. The Hall–Kier alpha value is -3.75. The maximum absolute atomic E-state index is 13.7. The molecule has 0 aliphatic rings. The molecule has 4 rings (SSSR count). The molecule has 2 aromatic carbocycles. The van der Waals surface area contributed by atoms with Gasteiger partial charge in [0.2, 0.25) is 0 Å². The number of aryl methyl sites for hydroxylation is 1. The fourth-order valence-corrected chi connectivity index (χ4v) is 3.95. The van der Waals surface area contributed by atoms with Crippen molar-refractivity contribution < 1.29 is 33.0 Å². The molecule has 0 unspecified atom stereocenters. The molecule has 1 N–H and O–H groups in total. The Bertz CT molecular complexity index is 1450. The lowest BCUT2D eigenvalue weighted by Crippen LogP contribution is -2.08. The third-order valence-corrected chi connectivity index (χ3v) is 5.81. The minimum atomic E-state index is -0.567. The highest BCUT2D eigenvalue weighted by Crippen LogP contribution is 2.33. The van der Waals surface area contributed by atoms with Crippen molar-refractivity contribution in [3.8, 4) is 22.8 Å². The molecule has 0 aliphatic carbocycles. The van der Waals surface area contributed by atoms with Crippen LogP contribution in [0.3, 0.4) is 0 Å². The van der Waals surface area contributed by atoms with Crippen molar-refractivity contribution in [3.63, 3.8) is 0 Å². The molecule has 186 valence electrons. The van der Waals surface area contributed by atoms with Crippen molar-refractivity contribution in [1.82, 2.24) is 4.98 Å². The van der Waals surface area contributed by atoms with E-state index in [1.807, 2.05) is 0 Å². The molecule has 2 aromatic heterocycles. The van der Waals surface area contributed by atoms with Gasteiger partial charge in [0.05, 0.1) is 18.7 Å². The Labute approximate surface area is 211 Å². The molecule has 2 heterocycles. The first kappa shape index (κ1) is 25.3. The fourth-order valence-electron chi connectivity index (χ4n) is 3.77. The van der Waals surface area contributed by atoms with Crippen LogP contribution in [0.4, 0.5) is 4.39 Å². The molecule has 0 radical (unpaired) electrons. The first-order chi connectivity index (χ1) is 17.3. The Balaban J connectivity index is 1.56. The predicted octanol–water partition coefficient (Wildman–Crippen LogP) is 5.82. The molecule has 0 amide bonds. The largest absolute Gasteiger partial charge is 0.493 e. The average molecular weight is 512 g/mol. The monoisotopic (exact) mass is 511 g/mol. The number of carbonyl (C=O) groups is 2. The summed E-state index contributed by atoms with van der Waals surface area (Å²) in [7, 11) is 1.45. The van der Waals surface area contributed by atoms with Crippen LogP contribution in [0.5, 0.6) is 11.5 Å². The molecule has 7 nitrogen and oxygen atoms in total. The third-order valence-electron chi connectivity index (χ3n) is 5.52.